The summed E-state index contributed by atoms with van der Waals surface area (Å²) in [5, 5.41) is 92.6. The number of rotatable bonds is 4. The van der Waals surface area contributed by atoms with Crippen LogP contribution in [0.4, 0.5) is 0 Å². The highest BCUT2D eigenvalue weighted by molar-refractivity contribution is 5.95. The summed E-state index contributed by atoms with van der Waals surface area (Å²) >= 11 is 0. The van der Waals surface area contributed by atoms with E-state index in [1.807, 2.05) is 0 Å². The molecule has 0 amide bonds. The Morgan fingerprint density at radius 3 is 0.654 bits per heavy atom. The van der Waals surface area contributed by atoms with Gasteiger partial charge in [-0.1, -0.05) is 101 Å². The van der Waals surface area contributed by atoms with Crippen molar-refractivity contribution in [2.24, 2.45) is 69.0 Å². The SMILES string of the molecule is C=C(C)[C@@H]1[C@H]2OC(=O)[C@@H]1[C@]1(O)[C@H]3O[C@H]3[C@]3(C/C(=C\C)C(=O)O3)[C@]1(C)[C@@H]2O.C=C(C)[C@@H]1[C@H]2OC(=O)[C@@H]1[C@]1(O)[C@H]3O[C@H]3[C@]3(C/C(=C\C)C(=O)O3)[C@]1(C)[C@@H]2O.C=C(C)[C@@H]1[C@H]2OC(=O)[C@@H]1[C@]1(O)[C@H]3O[C@H]3[C@]3(C/C(=C\C)C(=O)O3)[C@]1(C)[C@@H]2O.C=C(C)[C@@H]1[C@H]2OC(=O)[C@@H]1[C@]1(O)[C@H]3O[C@H]3[C@]3(C/C(=C\C)C(=O)O3)[C@]1(C)[C@@H]2O. The monoisotopic (exact) mass is 1450 g/mol. The van der Waals surface area contributed by atoms with Crippen LogP contribution >= 0.6 is 0 Å². The highest BCUT2D eigenvalue weighted by Crippen LogP contribution is 2.80. The van der Waals surface area contributed by atoms with E-state index in [4.69, 9.17) is 56.8 Å². The molecule has 0 aromatic carbocycles. The average Bonchev–Trinajstić information content (AvgIpc) is 1.48. The molecule has 104 heavy (non-hydrogen) atoms. The molecule has 8 N–H and O–H groups in total. The number of fused-ring (bicyclic) bond motifs is 32. The second kappa shape index (κ2) is 20.7. The van der Waals surface area contributed by atoms with Crippen molar-refractivity contribution in [2.45, 2.75) is 251 Å². The van der Waals surface area contributed by atoms with Crippen molar-refractivity contribution in [3.8, 4) is 0 Å². The fourth-order valence-corrected chi connectivity index (χ4v) is 24.9. The molecule has 12 saturated heterocycles. The molecule has 560 valence electrons. The molecular weight excluding hydrogens is 1360 g/mol. The van der Waals surface area contributed by atoms with E-state index < -0.39 is 259 Å². The van der Waals surface area contributed by atoms with Gasteiger partial charge in [-0.05, 0) is 55.4 Å². The highest BCUT2D eigenvalue weighted by atomic mass is 16.7. The number of epoxide rings is 4. The van der Waals surface area contributed by atoms with Crippen LogP contribution in [0.5, 0.6) is 0 Å². The van der Waals surface area contributed by atoms with Crippen LogP contribution in [0, 0.1) is 69.0 Å². The molecule has 20 rings (SSSR count). The maximum absolute atomic E-state index is 12.6. The third kappa shape index (κ3) is 7.09. The van der Waals surface area contributed by atoms with Crippen molar-refractivity contribution in [1.29, 1.82) is 0 Å². The molecule has 0 unspecified atom stereocenters. The third-order valence-corrected chi connectivity index (χ3v) is 30.4. The van der Waals surface area contributed by atoms with Gasteiger partial charge in [0.15, 0.2) is 22.4 Å². The Bertz CT molecular complexity index is 3730. The van der Waals surface area contributed by atoms with Crippen LogP contribution in [-0.4, -0.2) is 231 Å². The predicted molar refractivity (Wildman–Crippen MR) is 346 cm³/mol. The van der Waals surface area contributed by atoms with Crippen molar-refractivity contribution in [1.82, 2.24) is 0 Å². The van der Waals surface area contributed by atoms with Crippen LogP contribution in [-0.2, 0) is 95.2 Å². The fraction of sp³-hybridized carbons (Fsp3) is 0.684. The molecule has 20 aliphatic rings. The maximum atomic E-state index is 12.6. The molecular formula is C76H88O28. The highest BCUT2D eigenvalue weighted by Gasteiger charge is 2.97. The number of hydrogen-bond donors (Lipinski definition) is 8. The summed E-state index contributed by atoms with van der Waals surface area (Å²) in [6.45, 7) is 36.5. The minimum atomic E-state index is -1.70. The normalized spacial score (nSPS) is 57.8. The van der Waals surface area contributed by atoms with E-state index in [9.17, 15) is 79.2 Å². The topological polar surface area (TPSA) is 422 Å². The van der Waals surface area contributed by atoms with Gasteiger partial charge in [-0.2, -0.15) is 0 Å². The van der Waals surface area contributed by atoms with Gasteiger partial charge in [-0.3, -0.25) is 19.2 Å². The van der Waals surface area contributed by atoms with E-state index in [0.29, 0.717) is 44.6 Å². The van der Waals surface area contributed by atoms with Gasteiger partial charge in [0, 0.05) is 71.6 Å². The number of esters is 8. The van der Waals surface area contributed by atoms with Crippen molar-refractivity contribution < 1.29 is 136 Å². The van der Waals surface area contributed by atoms with Gasteiger partial charge in [-0.25, -0.2) is 19.2 Å². The smallest absolute Gasteiger partial charge is 0.334 e. The van der Waals surface area contributed by atoms with Gasteiger partial charge in [0.05, 0.1) is 45.3 Å². The van der Waals surface area contributed by atoms with Crippen LogP contribution in [0.1, 0.15) is 109 Å². The number of allylic oxidation sites excluding steroid dienone is 4. The van der Waals surface area contributed by atoms with Gasteiger partial charge in [-0.15, -0.1) is 0 Å². The van der Waals surface area contributed by atoms with E-state index in [1.54, 1.807) is 107 Å². The summed E-state index contributed by atoms with van der Waals surface area (Å²) in [6.07, 6.45) is -5.47. The number of aliphatic hydroxyl groups is 8. The molecule has 8 bridgehead atoms. The van der Waals surface area contributed by atoms with Crippen LogP contribution in [0.3, 0.4) is 0 Å². The standard InChI is InChI=1S/4C19H22O7/c4*1-5-8-6-18(26-15(8)21)13-14(25-13)19(23)10-9(7(2)3)11(24-16(10)22)12(20)17(18,19)4/h4*5,9-14,20,23H,2,6H2,1,3-4H3/b4*8-5+/t4*9-,10+,11+,12+,13+,14-,17-,18+,19-/m0000/s1. The van der Waals surface area contributed by atoms with E-state index in [2.05, 4.69) is 26.3 Å². The minimum absolute atomic E-state index is 0.227. The van der Waals surface area contributed by atoms with Crippen molar-refractivity contribution in [3.63, 3.8) is 0 Å². The van der Waals surface area contributed by atoms with E-state index in [1.165, 1.54) is 0 Å². The number of hydrogen-bond acceptors (Lipinski definition) is 28. The molecule has 0 aromatic heterocycles. The van der Waals surface area contributed by atoms with Gasteiger partial charge < -0.3 is 97.7 Å². The number of aliphatic hydroxyl groups excluding tert-OH is 4. The van der Waals surface area contributed by atoms with Crippen molar-refractivity contribution in [2.75, 3.05) is 0 Å². The Morgan fingerprint density at radius 1 is 0.337 bits per heavy atom. The molecule has 0 aromatic rings. The number of ether oxygens (including phenoxy) is 12. The predicted octanol–water partition coefficient (Wildman–Crippen LogP) is 0.981. The average molecular weight is 1450 g/mol. The zero-order valence-electron chi connectivity index (χ0n) is 59.6. The first-order valence-corrected chi connectivity index (χ1v) is 35.8. The Morgan fingerprint density at radius 2 is 0.510 bits per heavy atom. The first kappa shape index (κ1) is 70.2. The summed E-state index contributed by atoms with van der Waals surface area (Å²) in [5.41, 5.74) is -12.2. The fourth-order valence-electron chi connectivity index (χ4n) is 24.9. The first-order valence-electron chi connectivity index (χ1n) is 35.8. The lowest BCUT2D eigenvalue weighted by molar-refractivity contribution is -0.272. The second-order valence-corrected chi connectivity index (χ2v) is 33.9. The van der Waals surface area contributed by atoms with Crippen molar-refractivity contribution in [3.05, 3.63) is 95.2 Å². The molecule has 4 spiro atoms. The zero-order chi connectivity index (χ0) is 75.2. The van der Waals surface area contributed by atoms with Gasteiger partial charge >= 0.3 is 47.8 Å². The number of carbonyl (C=O) groups is 8. The molecule has 12 aliphatic heterocycles. The summed E-state index contributed by atoms with van der Waals surface area (Å²) in [5.74, 6) is -9.75. The van der Waals surface area contributed by atoms with Crippen LogP contribution in [0.2, 0.25) is 0 Å². The van der Waals surface area contributed by atoms with Crippen LogP contribution in [0.25, 0.3) is 0 Å². The molecule has 20 fully saturated rings. The molecule has 8 saturated carbocycles. The van der Waals surface area contributed by atoms with E-state index in [0.717, 1.165) is 0 Å². The molecule has 28 nitrogen and oxygen atoms in total. The molecule has 0 radical (unpaired) electrons. The molecule has 8 aliphatic carbocycles. The Kier molecular flexibility index (Phi) is 14.0. The van der Waals surface area contributed by atoms with Crippen LogP contribution in [0.15, 0.2) is 95.2 Å². The second-order valence-electron chi connectivity index (χ2n) is 33.9. The largest absolute Gasteiger partial charge is 0.459 e. The zero-order valence-corrected chi connectivity index (χ0v) is 59.6. The Labute approximate surface area is 597 Å². The Balaban J connectivity index is 0.000000103. The van der Waals surface area contributed by atoms with Gasteiger partial charge in [0.2, 0.25) is 0 Å². The van der Waals surface area contributed by atoms with Crippen molar-refractivity contribution >= 4 is 47.8 Å². The summed E-state index contributed by atoms with van der Waals surface area (Å²) in [6, 6.07) is 0. The van der Waals surface area contributed by atoms with E-state index >= 15 is 0 Å². The lowest BCUT2D eigenvalue weighted by Gasteiger charge is -2.56. The van der Waals surface area contributed by atoms with Gasteiger partial charge in [0.25, 0.3) is 0 Å². The summed E-state index contributed by atoms with van der Waals surface area (Å²) < 4.78 is 68.0. The van der Waals surface area contributed by atoms with Gasteiger partial charge in [0.1, 0.15) is 120 Å². The molecule has 36 atom stereocenters. The summed E-state index contributed by atoms with van der Waals surface area (Å²) in [4.78, 5) is 100. The third-order valence-electron chi connectivity index (χ3n) is 30.4. The molecule has 28 heteroatoms. The maximum Gasteiger partial charge on any atom is 0.334 e. The Hall–Kier alpha value is -6.80. The summed E-state index contributed by atoms with van der Waals surface area (Å²) in [7, 11) is 0. The lowest BCUT2D eigenvalue weighted by atomic mass is 9.51. The first-order chi connectivity index (χ1) is 48.6. The quantitative estimate of drug-likeness (QED) is 0.0639. The lowest BCUT2D eigenvalue weighted by Crippen LogP contribution is -2.72. The van der Waals surface area contributed by atoms with E-state index in [-0.39, 0.29) is 25.7 Å². The minimum Gasteiger partial charge on any atom is -0.459 e. The van der Waals surface area contributed by atoms with Crippen LogP contribution < -0.4 is 0 Å². The number of carbonyl (C=O) groups excluding carboxylic acids is 8. The molecule has 12 heterocycles.